The third-order valence-electron chi connectivity index (χ3n) is 2.02. The predicted octanol–water partition coefficient (Wildman–Crippen LogP) is 2.52. The van der Waals surface area contributed by atoms with Gasteiger partial charge in [0.15, 0.2) is 5.82 Å². The van der Waals surface area contributed by atoms with Crippen LogP contribution >= 0.6 is 11.6 Å². The molecule has 0 saturated heterocycles. The molecule has 90 valence electrons. The Morgan fingerprint density at radius 3 is 2.53 bits per heavy atom. The number of hydrogen-bond acceptors (Lipinski definition) is 3. The molecule has 0 aliphatic carbocycles. The Hall–Kier alpha value is -1.76. The van der Waals surface area contributed by atoms with Gasteiger partial charge in [-0.15, -0.1) is 0 Å². The van der Waals surface area contributed by atoms with Gasteiger partial charge in [0.25, 0.3) is 0 Å². The molecule has 0 bridgehead atoms. The topological polar surface area (TPSA) is 56.7 Å². The minimum Gasteiger partial charge on any atom is -0.384 e. The predicted molar refractivity (Wildman–Crippen MR) is 55.8 cm³/mol. The average molecular weight is 263 g/mol. The van der Waals surface area contributed by atoms with Gasteiger partial charge in [-0.25, -0.2) is 4.98 Å². The first-order valence-electron chi connectivity index (χ1n) is 4.42. The number of rotatable bonds is 1. The third-order valence-corrected chi connectivity index (χ3v) is 2.30. The van der Waals surface area contributed by atoms with Crippen molar-refractivity contribution < 1.29 is 13.2 Å². The maximum absolute atomic E-state index is 12.4. The van der Waals surface area contributed by atoms with Crippen molar-refractivity contribution in [3.8, 4) is 5.82 Å². The summed E-state index contributed by atoms with van der Waals surface area (Å²) in [5, 5.41) is 3.63. The number of anilines is 1. The summed E-state index contributed by atoms with van der Waals surface area (Å²) in [6, 6.07) is 2.26. The first-order chi connectivity index (χ1) is 7.89. The van der Waals surface area contributed by atoms with Crippen LogP contribution in [0.1, 0.15) is 5.56 Å². The SMILES string of the molecule is Nc1ccnn1-c1ncc(C(F)(F)F)cc1Cl. The van der Waals surface area contributed by atoms with E-state index in [-0.39, 0.29) is 16.7 Å². The van der Waals surface area contributed by atoms with E-state index in [4.69, 9.17) is 17.3 Å². The molecule has 0 aliphatic heterocycles. The van der Waals surface area contributed by atoms with Gasteiger partial charge in [0, 0.05) is 12.3 Å². The summed E-state index contributed by atoms with van der Waals surface area (Å²) >= 11 is 5.72. The van der Waals surface area contributed by atoms with Gasteiger partial charge in [-0.2, -0.15) is 23.0 Å². The van der Waals surface area contributed by atoms with Gasteiger partial charge in [0.05, 0.1) is 16.8 Å². The van der Waals surface area contributed by atoms with Gasteiger partial charge >= 0.3 is 6.18 Å². The Morgan fingerprint density at radius 1 is 1.35 bits per heavy atom. The normalized spacial score (nSPS) is 11.8. The largest absolute Gasteiger partial charge is 0.417 e. The Balaban J connectivity index is 2.50. The Bertz CT molecular complexity index is 549. The van der Waals surface area contributed by atoms with Gasteiger partial charge in [0.2, 0.25) is 0 Å². The number of hydrogen-bond donors (Lipinski definition) is 1. The number of halogens is 4. The smallest absolute Gasteiger partial charge is 0.384 e. The molecular weight excluding hydrogens is 257 g/mol. The van der Waals surface area contributed by atoms with Crippen LogP contribution in [0.3, 0.4) is 0 Å². The lowest BCUT2D eigenvalue weighted by molar-refractivity contribution is -0.137. The van der Waals surface area contributed by atoms with E-state index >= 15 is 0 Å². The number of aromatic nitrogens is 3. The molecule has 0 aromatic carbocycles. The average Bonchev–Trinajstić information content (AvgIpc) is 2.63. The molecular formula is C9H6ClF3N4. The fraction of sp³-hybridized carbons (Fsp3) is 0.111. The molecule has 0 fully saturated rings. The van der Waals surface area contributed by atoms with Crippen LogP contribution in [-0.4, -0.2) is 14.8 Å². The summed E-state index contributed by atoms with van der Waals surface area (Å²) in [6.07, 6.45) is -2.40. The van der Waals surface area contributed by atoms with Crippen molar-refractivity contribution in [1.29, 1.82) is 0 Å². The summed E-state index contributed by atoms with van der Waals surface area (Å²) in [7, 11) is 0. The lowest BCUT2D eigenvalue weighted by Crippen LogP contribution is -2.09. The summed E-state index contributed by atoms with van der Waals surface area (Å²) < 4.78 is 38.3. The lowest BCUT2D eigenvalue weighted by Gasteiger charge is -2.09. The van der Waals surface area contributed by atoms with Gasteiger partial charge in [0.1, 0.15) is 5.82 Å². The van der Waals surface area contributed by atoms with Crippen LogP contribution in [0.5, 0.6) is 0 Å². The highest BCUT2D eigenvalue weighted by Crippen LogP contribution is 2.32. The lowest BCUT2D eigenvalue weighted by atomic mass is 10.3. The molecule has 2 aromatic heterocycles. The van der Waals surface area contributed by atoms with E-state index in [1.54, 1.807) is 0 Å². The summed E-state index contributed by atoms with van der Waals surface area (Å²) in [5.74, 6) is 0.293. The molecule has 0 amide bonds. The molecule has 4 nitrogen and oxygen atoms in total. The minimum atomic E-state index is -4.48. The van der Waals surface area contributed by atoms with E-state index in [1.807, 2.05) is 0 Å². The van der Waals surface area contributed by atoms with Crippen LogP contribution in [0, 0.1) is 0 Å². The van der Waals surface area contributed by atoms with E-state index in [1.165, 1.54) is 12.3 Å². The van der Waals surface area contributed by atoms with Crippen LogP contribution in [-0.2, 0) is 6.18 Å². The van der Waals surface area contributed by atoms with Gasteiger partial charge in [-0.3, -0.25) is 0 Å². The molecule has 2 rings (SSSR count). The number of alkyl halides is 3. The van der Waals surface area contributed by atoms with Crippen LogP contribution in [0.15, 0.2) is 24.5 Å². The first-order valence-corrected chi connectivity index (χ1v) is 4.80. The van der Waals surface area contributed by atoms with E-state index in [0.717, 1.165) is 10.7 Å². The van der Waals surface area contributed by atoms with E-state index in [2.05, 4.69) is 10.1 Å². The molecule has 0 atom stereocenters. The number of pyridine rings is 1. The van der Waals surface area contributed by atoms with Gasteiger partial charge < -0.3 is 5.73 Å². The first kappa shape index (κ1) is 11.7. The second-order valence-corrected chi connectivity index (χ2v) is 3.60. The number of nitrogens with zero attached hydrogens (tertiary/aromatic N) is 3. The van der Waals surface area contributed by atoms with Crippen molar-refractivity contribution in [2.75, 3.05) is 5.73 Å². The molecule has 2 N–H and O–H groups in total. The summed E-state index contributed by atoms with van der Waals surface area (Å²) in [6.45, 7) is 0. The maximum Gasteiger partial charge on any atom is 0.417 e. The van der Waals surface area contributed by atoms with Crippen molar-refractivity contribution >= 4 is 17.4 Å². The zero-order valence-corrected chi connectivity index (χ0v) is 9.00. The number of nitrogens with two attached hydrogens (primary N) is 1. The fourth-order valence-electron chi connectivity index (χ4n) is 1.23. The van der Waals surface area contributed by atoms with Gasteiger partial charge in [-0.05, 0) is 6.07 Å². The Kier molecular flexibility index (Phi) is 2.70. The molecule has 2 aromatic rings. The van der Waals surface area contributed by atoms with E-state index < -0.39 is 11.7 Å². The highest BCUT2D eigenvalue weighted by atomic mass is 35.5. The standard InChI is InChI=1S/C9H6ClF3N4/c10-6-3-5(9(11,12)13)4-15-8(6)17-7(14)1-2-16-17/h1-4H,14H2. The second kappa shape index (κ2) is 3.92. The van der Waals surface area contributed by atoms with E-state index in [9.17, 15) is 13.2 Å². The van der Waals surface area contributed by atoms with Crippen LogP contribution in [0.2, 0.25) is 5.02 Å². The van der Waals surface area contributed by atoms with Crippen molar-refractivity contribution in [2.45, 2.75) is 6.18 Å². The molecule has 17 heavy (non-hydrogen) atoms. The van der Waals surface area contributed by atoms with Crippen LogP contribution < -0.4 is 5.73 Å². The number of nitrogen functional groups attached to an aromatic ring is 1. The Labute approximate surface area is 98.8 Å². The Morgan fingerprint density at radius 2 is 2.06 bits per heavy atom. The molecule has 0 aliphatic rings. The third kappa shape index (κ3) is 2.19. The van der Waals surface area contributed by atoms with Gasteiger partial charge in [-0.1, -0.05) is 11.6 Å². The molecule has 0 spiro atoms. The summed E-state index contributed by atoms with van der Waals surface area (Å²) in [4.78, 5) is 3.62. The quantitative estimate of drug-likeness (QED) is 0.859. The van der Waals surface area contributed by atoms with Crippen molar-refractivity contribution in [1.82, 2.24) is 14.8 Å². The molecule has 0 saturated carbocycles. The zero-order chi connectivity index (χ0) is 12.6. The monoisotopic (exact) mass is 262 g/mol. The maximum atomic E-state index is 12.4. The molecule has 8 heteroatoms. The zero-order valence-electron chi connectivity index (χ0n) is 8.24. The van der Waals surface area contributed by atoms with E-state index in [0.29, 0.717) is 6.20 Å². The minimum absolute atomic E-state index is 0.0576. The summed E-state index contributed by atoms with van der Waals surface area (Å²) in [5.41, 5.74) is 4.63. The fourth-order valence-corrected chi connectivity index (χ4v) is 1.48. The molecule has 0 radical (unpaired) electrons. The van der Waals surface area contributed by atoms with Crippen molar-refractivity contribution in [3.05, 3.63) is 35.1 Å². The highest BCUT2D eigenvalue weighted by molar-refractivity contribution is 6.32. The van der Waals surface area contributed by atoms with Crippen LogP contribution in [0.25, 0.3) is 5.82 Å². The molecule has 2 heterocycles. The second-order valence-electron chi connectivity index (χ2n) is 3.20. The van der Waals surface area contributed by atoms with Crippen LogP contribution in [0.4, 0.5) is 19.0 Å². The highest BCUT2D eigenvalue weighted by Gasteiger charge is 2.31. The van der Waals surface area contributed by atoms with Crippen molar-refractivity contribution in [2.24, 2.45) is 0 Å². The molecule has 0 unspecified atom stereocenters. The van der Waals surface area contributed by atoms with Crippen molar-refractivity contribution in [3.63, 3.8) is 0 Å².